The van der Waals surface area contributed by atoms with E-state index in [2.05, 4.69) is 25.5 Å². The fourth-order valence-corrected chi connectivity index (χ4v) is 2.44. The number of urea groups is 1. The lowest BCUT2D eigenvalue weighted by atomic mass is 10.3. The molecule has 1 aliphatic rings. The molecular formula is C16H19N5O. The first-order valence-electron chi connectivity index (χ1n) is 7.47. The van der Waals surface area contributed by atoms with E-state index in [0.717, 1.165) is 24.6 Å². The quantitative estimate of drug-likeness (QED) is 0.909. The second kappa shape index (κ2) is 6.89. The van der Waals surface area contributed by atoms with Crippen LogP contribution >= 0.6 is 0 Å². The molecule has 1 aliphatic heterocycles. The summed E-state index contributed by atoms with van der Waals surface area (Å²) in [6.07, 6.45) is 5.83. The molecule has 0 bridgehead atoms. The molecule has 0 atom stereocenters. The molecule has 22 heavy (non-hydrogen) atoms. The van der Waals surface area contributed by atoms with Crippen molar-refractivity contribution >= 4 is 17.5 Å². The molecule has 0 aromatic carbocycles. The number of pyridine rings is 2. The van der Waals surface area contributed by atoms with E-state index in [4.69, 9.17) is 0 Å². The highest BCUT2D eigenvalue weighted by atomic mass is 16.2. The lowest BCUT2D eigenvalue weighted by Gasteiger charge is -2.16. The monoisotopic (exact) mass is 297 g/mol. The number of rotatable bonds is 4. The van der Waals surface area contributed by atoms with E-state index < -0.39 is 0 Å². The van der Waals surface area contributed by atoms with Crippen LogP contribution in [0, 0.1) is 0 Å². The first-order chi connectivity index (χ1) is 10.8. The average Bonchev–Trinajstić information content (AvgIpc) is 3.09. The molecule has 1 fully saturated rings. The van der Waals surface area contributed by atoms with Gasteiger partial charge in [0.2, 0.25) is 0 Å². The van der Waals surface area contributed by atoms with Crippen LogP contribution in [0.4, 0.5) is 16.3 Å². The van der Waals surface area contributed by atoms with Gasteiger partial charge in [-0.05, 0) is 37.1 Å². The third-order valence-corrected chi connectivity index (χ3v) is 3.59. The molecule has 2 N–H and O–H groups in total. The third kappa shape index (κ3) is 3.72. The third-order valence-electron chi connectivity index (χ3n) is 3.59. The predicted octanol–water partition coefficient (Wildman–Crippen LogP) is 2.40. The van der Waals surface area contributed by atoms with Crippen molar-refractivity contribution in [2.45, 2.75) is 19.4 Å². The van der Waals surface area contributed by atoms with E-state index in [1.165, 1.54) is 12.8 Å². The number of hydrogen-bond donors (Lipinski definition) is 2. The Hall–Kier alpha value is -2.63. The summed E-state index contributed by atoms with van der Waals surface area (Å²) in [6.45, 7) is 2.51. The molecule has 0 radical (unpaired) electrons. The van der Waals surface area contributed by atoms with E-state index in [1.807, 2.05) is 30.3 Å². The number of hydrogen-bond acceptors (Lipinski definition) is 4. The van der Waals surface area contributed by atoms with Gasteiger partial charge in [-0.15, -0.1) is 0 Å². The molecule has 0 aliphatic carbocycles. The molecule has 6 heteroatoms. The van der Waals surface area contributed by atoms with Gasteiger partial charge in [0.05, 0.1) is 24.1 Å². The molecule has 2 amide bonds. The average molecular weight is 297 g/mol. The van der Waals surface area contributed by atoms with Crippen LogP contribution in [0.25, 0.3) is 0 Å². The molecule has 0 unspecified atom stereocenters. The maximum atomic E-state index is 11.8. The lowest BCUT2D eigenvalue weighted by molar-refractivity contribution is 0.251. The minimum Gasteiger partial charge on any atom is -0.357 e. The van der Waals surface area contributed by atoms with Crippen LogP contribution in [-0.2, 0) is 6.54 Å². The number of anilines is 2. The van der Waals surface area contributed by atoms with Crippen molar-refractivity contribution in [3.63, 3.8) is 0 Å². The summed E-state index contributed by atoms with van der Waals surface area (Å²) in [5, 5.41) is 5.54. The van der Waals surface area contributed by atoms with E-state index in [0.29, 0.717) is 12.2 Å². The van der Waals surface area contributed by atoms with Crippen molar-refractivity contribution in [1.82, 2.24) is 15.3 Å². The van der Waals surface area contributed by atoms with Gasteiger partial charge >= 0.3 is 6.03 Å². The van der Waals surface area contributed by atoms with Gasteiger partial charge in [-0.1, -0.05) is 6.07 Å². The summed E-state index contributed by atoms with van der Waals surface area (Å²) in [4.78, 5) is 22.6. The Kier molecular flexibility index (Phi) is 4.48. The largest absolute Gasteiger partial charge is 0.357 e. The Morgan fingerprint density at radius 1 is 1.14 bits per heavy atom. The number of amides is 2. The Bertz CT molecular complexity index is 608. The second-order valence-electron chi connectivity index (χ2n) is 5.23. The van der Waals surface area contributed by atoms with Crippen molar-refractivity contribution in [3.8, 4) is 0 Å². The van der Waals surface area contributed by atoms with Crippen molar-refractivity contribution in [3.05, 3.63) is 48.4 Å². The topological polar surface area (TPSA) is 70.2 Å². The molecular weight excluding hydrogens is 278 g/mol. The minimum atomic E-state index is -0.263. The van der Waals surface area contributed by atoms with E-state index in [-0.39, 0.29) is 6.03 Å². The molecule has 0 spiro atoms. The first-order valence-corrected chi connectivity index (χ1v) is 7.47. The van der Waals surface area contributed by atoms with E-state index >= 15 is 0 Å². The summed E-state index contributed by atoms with van der Waals surface area (Å²) in [6, 6.07) is 9.16. The minimum absolute atomic E-state index is 0.263. The molecule has 2 aromatic heterocycles. The molecule has 3 heterocycles. The van der Waals surface area contributed by atoms with Crippen molar-refractivity contribution in [2.24, 2.45) is 0 Å². The normalized spacial score (nSPS) is 13.9. The van der Waals surface area contributed by atoms with E-state index in [1.54, 1.807) is 12.4 Å². The Morgan fingerprint density at radius 3 is 2.68 bits per heavy atom. The summed E-state index contributed by atoms with van der Waals surface area (Å²) in [7, 11) is 0. The van der Waals surface area contributed by atoms with Crippen LogP contribution in [0.15, 0.2) is 42.7 Å². The zero-order valence-electron chi connectivity index (χ0n) is 12.3. The van der Waals surface area contributed by atoms with Crippen molar-refractivity contribution in [1.29, 1.82) is 0 Å². The zero-order valence-corrected chi connectivity index (χ0v) is 12.3. The maximum absolute atomic E-state index is 11.8. The maximum Gasteiger partial charge on any atom is 0.319 e. The Balaban J connectivity index is 1.50. The zero-order chi connectivity index (χ0) is 15.2. The molecule has 6 nitrogen and oxygen atoms in total. The second-order valence-corrected chi connectivity index (χ2v) is 5.23. The molecule has 3 rings (SSSR count). The number of nitrogens with one attached hydrogen (secondary N) is 2. The number of carbonyl (C=O) groups is 1. The van der Waals surface area contributed by atoms with Crippen LogP contribution in [0.5, 0.6) is 0 Å². The van der Waals surface area contributed by atoms with Gasteiger partial charge < -0.3 is 15.5 Å². The SMILES string of the molecule is O=C(NCc1ccccn1)Nc1ccc(N2CCCC2)nc1. The van der Waals surface area contributed by atoms with Gasteiger partial charge in [0.1, 0.15) is 5.82 Å². The van der Waals surface area contributed by atoms with Gasteiger partial charge in [0, 0.05) is 19.3 Å². The smallest absolute Gasteiger partial charge is 0.319 e. The summed E-state index contributed by atoms with van der Waals surface area (Å²) < 4.78 is 0. The highest BCUT2D eigenvalue weighted by Crippen LogP contribution is 2.18. The Morgan fingerprint density at radius 2 is 2.00 bits per heavy atom. The number of nitrogens with zero attached hydrogens (tertiary/aromatic N) is 3. The summed E-state index contributed by atoms with van der Waals surface area (Å²) in [5.41, 5.74) is 1.50. The molecule has 0 saturated carbocycles. The highest BCUT2D eigenvalue weighted by Gasteiger charge is 2.13. The van der Waals surface area contributed by atoms with Gasteiger partial charge in [0.15, 0.2) is 0 Å². The van der Waals surface area contributed by atoms with Gasteiger partial charge in [0.25, 0.3) is 0 Å². The highest BCUT2D eigenvalue weighted by molar-refractivity contribution is 5.89. The van der Waals surface area contributed by atoms with Gasteiger partial charge in [-0.25, -0.2) is 9.78 Å². The van der Waals surface area contributed by atoms with Crippen LogP contribution in [-0.4, -0.2) is 29.1 Å². The van der Waals surface area contributed by atoms with Crippen LogP contribution in [0.2, 0.25) is 0 Å². The van der Waals surface area contributed by atoms with Crippen molar-refractivity contribution in [2.75, 3.05) is 23.3 Å². The summed E-state index contributed by atoms with van der Waals surface area (Å²) >= 11 is 0. The number of carbonyl (C=O) groups excluding carboxylic acids is 1. The van der Waals surface area contributed by atoms with Crippen molar-refractivity contribution < 1.29 is 4.79 Å². The van der Waals surface area contributed by atoms with Crippen LogP contribution < -0.4 is 15.5 Å². The first kappa shape index (κ1) is 14.3. The van der Waals surface area contributed by atoms with Gasteiger partial charge in [-0.2, -0.15) is 0 Å². The van der Waals surface area contributed by atoms with Crippen LogP contribution in [0.1, 0.15) is 18.5 Å². The predicted molar refractivity (Wildman–Crippen MR) is 85.8 cm³/mol. The fourth-order valence-electron chi connectivity index (χ4n) is 2.44. The number of aromatic nitrogens is 2. The van der Waals surface area contributed by atoms with E-state index in [9.17, 15) is 4.79 Å². The standard InChI is InChI=1S/C16H19N5O/c22-16(19-11-13-5-1-2-8-17-13)20-14-6-7-15(18-12-14)21-9-3-4-10-21/h1-2,5-8,12H,3-4,9-11H2,(H2,19,20,22). The lowest BCUT2D eigenvalue weighted by Crippen LogP contribution is -2.28. The van der Waals surface area contributed by atoms with Gasteiger partial charge in [-0.3, -0.25) is 4.98 Å². The molecule has 114 valence electrons. The summed E-state index contributed by atoms with van der Waals surface area (Å²) in [5.74, 6) is 0.969. The fraction of sp³-hybridized carbons (Fsp3) is 0.312. The molecule has 1 saturated heterocycles. The molecule has 2 aromatic rings. The van der Waals surface area contributed by atoms with Crippen LogP contribution in [0.3, 0.4) is 0 Å². The Labute approximate surface area is 129 Å².